The lowest BCUT2D eigenvalue weighted by Crippen LogP contribution is -2.03. The first kappa shape index (κ1) is 15.4. The molecule has 0 unspecified atom stereocenters. The molecule has 4 rings (SSSR count). The number of benzene rings is 2. The summed E-state index contributed by atoms with van der Waals surface area (Å²) in [6.45, 7) is 6.18. The molecule has 0 N–H and O–H groups in total. The van der Waals surface area contributed by atoms with E-state index in [1.165, 1.54) is 0 Å². The summed E-state index contributed by atoms with van der Waals surface area (Å²) < 4.78 is 6.05. The van der Waals surface area contributed by atoms with Crippen LogP contribution in [0.4, 0.5) is 0 Å². The Hall–Kier alpha value is -3.13. The van der Waals surface area contributed by atoms with Crippen molar-refractivity contribution in [2.45, 2.75) is 6.92 Å². The second-order valence-corrected chi connectivity index (χ2v) is 6.04. The molecule has 2 nitrogen and oxygen atoms in total. The zero-order chi connectivity index (χ0) is 17.2. The van der Waals surface area contributed by atoms with Crippen LogP contribution in [0, 0.1) is 13.3 Å². The number of nitrogens with zero attached hydrogens (tertiary/aromatic N) is 1. The van der Waals surface area contributed by atoms with Gasteiger partial charge < -0.3 is 4.74 Å². The average molecular weight is 324 g/mol. The van der Waals surface area contributed by atoms with Gasteiger partial charge >= 0.3 is 0 Å². The fourth-order valence-corrected chi connectivity index (χ4v) is 2.97. The van der Waals surface area contributed by atoms with Gasteiger partial charge in [0.2, 0.25) is 0 Å². The largest absolute Gasteiger partial charge is 0.457 e. The Balaban J connectivity index is 1.68. The van der Waals surface area contributed by atoms with Crippen LogP contribution in [-0.4, -0.2) is 5.71 Å². The molecule has 2 aliphatic rings. The Morgan fingerprint density at radius 3 is 2.64 bits per heavy atom. The van der Waals surface area contributed by atoms with E-state index < -0.39 is 0 Å². The van der Waals surface area contributed by atoms with Crippen LogP contribution in [0.2, 0.25) is 0 Å². The molecule has 121 valence electrons. The minimum absolute atomic E-state index is 0.622. The van der Waals surface area contributed by atoms with Gasteiger partial charge in [-0.25, -0.2) is 4.99 Å². The lowest BCUT2D eigenvalue weighted by atomic mass is 10.00. The normalized spacial score (nSPS) is 15.2. The van der Waals surface area contributed by atoms with E-state index in [2.05, 4.69) is 25.1 Å². The molecule has 0 amide bonds. The second-order valence-electron chi connectivity index (χ2n) is 6.04. The third-order valence-corrected chi connectivity index (χ3v) is 4.30. The number of rotatable bonds is 4. The van der Waals surface area contributed by atoms with Crippen LogP contribution in [0.15, 0.2) is 95.7 Å². The highest BCUT2D eigenvalue weighted by Gasteiger charge is 2.19. The van der Waals surface area contributed by atoms with Crippen molar-refractivity contribution < 1.29 is 4.74 Å². The summed E-state index contributed by atoms with van der Waals surface area (Å²) in [5, 5.41) is 0. The van der Waals surface area contributed by atoms with E-state index in [4.69, 9.17) is 9.73 Å². The summed E-state index contributed by atoms with van der Waals surface area (Å²) in [6, 6.07) is 16.0. The number of ether oxygens (including phenoxy) is 1. The third kappa shape index (κ3) is 2.99. The third-order valence-electron chi connectivity index (χ3n) is 4.30. The predicted octanol–water partition coefficient (Wildman–Crippen LogP) is 5.43. The molecule has 0 saturated heterocycles. The van der Waals surface area contributed by atoms with E-state index >= 15 is 0 Å². The smallest absolute Gasteiger partial charge is 0.130 e. The van der Waals surface area contributed by atoms with E-state index in [0.717, 1.165) is 39.4 Å². The van der Waals surface area contributed by atoms with Crippen LogP contribution in [0.1, 0.15) is 16.7 Å². The number of para-hydroxylation sites is 1. The number of hydrogen-bond donors (Lipinski definition) is 0. The first-order chi connectivity index (χ1) is 12.2. The Labute approximate surface area is 148 Å². The number of aliphatic imine (C=N–C) groups is 1. The molecule has 1 radical (unpaired) electrons. The van der Waals surface area contributed by atoms with E-state index in [-0.39, 0.29) is 0 Å². The SMILES string of the molecule is C=C(Oc1ccccc1C)c1ccccc1C1=NC2=CC=C[CH]C2=C1. The molecule has 2 aromatic rings. The predicted molar refractivity (Wildman–Crippen MR) is 103 cm³/mol. The van der Waals surface area contributed by atoms with Gasteiger partial charge in [-0.2, -0.15) is 0 Å². The molecule has 0 bridgehead atoms. The quantitative estimate of drug-likeness (QED) is 0.687. The van der Waals surface area contributed by atoms with Crippen LogP contribution in [-0.2, 0) is 0 Å². The van der Waals surface area contributed by atoms with Gasteiger partial charge in [-0.15, -0.1) is 0 Å². The van der Waals surface area contributed by atoms with E-state index in [0.29, 0.717) is 5.76 Å². The summed E-state index contributed by atoms with van der Waals surface area (Å²) in [6.07, 6.45) is 10.2. The van der Waals surface area contributed by atoms with Crippen molar-refractivity contribution in [3.8, 4) is 5.75 Å². The monoisotopic (exact) mass is 324 g/mol. The fourth-order valence-electron chi connectivity index (χ4n) is 2.97. The summed E-state index contributed by atoms with van der Waals surface area (Å²) in [5.41, 5.74) is 6.13. The topological polar surface area (TPSA) is 21.6 Å². The zero-order valence-electron chi connectivity index (χ0n) is 14.1. The molecule has 1 aliphatic carbocycles. The van der Waals surface area contributed by atoms with Gasteiger partial charge in [-0.1, -0.05) is 61.2 Å². The zero-order valence-corrected chi connectivity index (χ0v) is 14.1. The summed E-state index contributed by atoms with van der Waals surface area (Å²) >= 11 is 0. The molecule has 25 heavy (non-hydrogen) atoms. The standard InChI is InChI=1S/C23H18NO/c1-16-9-3-8-14-23(16)25-17(2)19-11-5-6-12-20(19)22-15-18-10-4-7-13-21(18)24-22/h3-15H,2H2,1H3. The maximum Gasteiger partial charge on any atom is 0.130 e. The second kappa shape index (κ2) is 6.40. The summed E-state index contributed by atoms with van der Waals surface area (Å²) in [5.74, 6) is 1.44. The highest BCUT2D eigenvalue weighted by atomic mass is 16.5. The number of fused-ring (bicyclic) bond motifs is 1. The molecule has 0 atom stereocenters. The van der Waals surface area contributed by atoms with Gasteiger partial charge in [-0.3, -0.25) is 0 Å². The lowest BCUT2D eigenvalue weighted by molar-refractivity contribution is 0.512. The molecule has 2 heteroatoms. The molecule has 0 spiro atoms. The van der Waals surface area contributed by atoms with Crippen LogP contribution < -0.4 is 4.74 Å². The summed E-state index contributed by atoms with van der Waals surface area (Å²) in [7, 11) is 0. The first-order valence-electron chi connectivity index (χ1n) is 8.27. The van der Waals surface area contributed by atoms with Crippen LogP contribution in [0.3, 0.4) is 0 Å². The maximum absolute atomic E-state index is 6.05. The van der Waals surface area contributed by atoms with Crippen molar-refractivity contribution >= 4 is 11.5 Å². The Kier molecular flexibility index (Phi) is 3.95. The Bertz CT molecular complexity index is 973. The molecule has 1 aliphatic heterocycles. The van der Waals surface area contributed by atoms with Gasteiger partial charge in [0.05, 0.1) is 11.4 Å². The van der Waals surface area contributed by atoms with Gasteiger partial charge in [0.15, 0.2) is 0 Å². The minimum atomic E-state index is 0.622. The van der Waals surface area contributed by atoms with Crippen LogP contribution in [0.25, 0.3) is 5.76 Å². The molecule has 0 fully saturated rings. The molecular formula is C23H18NO. The minimum Gasteiger partial charge on any atom is -0.457 e. The van der Waals surface area contributed by atoms with E-state index in [9.17, 15) is 0 Å². The van der Waals surface area contributed by atoms with Crippen molar-refractivity contribution in [2.75, 3.05) is 0 Å². The Morgan fingerprint density at radius 2 is 1.80 bits per heavy atom. The van der Waals surface area contributed by atoms with Crippen molar-refractivity contribution in [1.29, 1.82) is 0 Å². The highest BCUT2D eigenvalue weighted by Crippen LogP contribution is 2.31. The van der Waals surface area contributed by atoms with Gasteiger partial charge in [0, 0.05) is 17.5 Å². The van der Waals surface area contributed by atoms with Crippen LogP contribution >= 0.6 is 0 Å². The van der Waals surface area contributed by atoms with Crippen molar-refractivity contribution in [3.05, 3.63) is 114 Å². The average Bonchev–Trinajstić information content (AvgIpc) is 3.07. The number of allylic oxidation sites excluding steroid dienone is 5. The van der Waals surface area contributed by atoms with Gasteiger partial charge in [0.1, 0.15) is 11.5 Å². The number of hydrogen-bond acceptors (Lipinski definition) is 2. The first-order valence-corrected chi connectivity index (χ1v) is 8.27. The van der Waals surface area contributed by atoms with E-state index in [1.54, 1.807) is 0 Å². The number of aryl methyl sites for hydroxylation is 1. The Morgan fingerprint density at radius 1 is 1.00 bits per heavy atom. The van der Waals surface area contributed by atoms with Crippen LogP contribution in [0.5, 0.6) is 5.75 Å². The molecule has 0 saturated carbocycles. The lowest BCUT2D eigenvalue weighted by Gasteiger charge is -2.14. The summed E-state index contributed by atoms with van der Waals surface area (Å²) in [4.78, 5) is 4.75. The van der Waals surface area contributed by atoms with Crippen molar-refractivity contribution in [2.24, 2.45) is 4.99 Å². The van der Waals surface area contributed by atoms with Gasteiger partial charge in [0.25, 0.3) is 0 Å². The molecular weight excluding hydrogens is 306 g/mol. The fraction of sp³-hybridized carbons (Fsp3) is 0.0435. The molecule has 1 heterocycles. The highest BCUT2D eigenvalue weighted by molar-refractivity contribution is 6.14. The molecule has 2 aromatic carbocycles. The van der Waals surface area contributed by atoms with E-state index in [1.807, 2.05) is 67.6 Å². The molecule has 0 aromatic heterocycles. The maximum atomic E-state index is 6.05. The van der Waals surface area contributed by atoms with Crippen molar-refractivity contribution in [3.63, 3.8) is 0 Å². The van der Waals surface area contributed by atoms with Crippen molar-refractivity contribution in [1.82, 2.24) is 0 Å². The van der Waals surface area contributed by atoms with Gasteiger partial charge in [-0.05, 0) is 36.3 Å².